The number of anilines is 1. The first-order chi connectivity index (χ1) is 14.6. The smallest absolute Gasteiger partial charge is 0.436 e. The van der Waals surface area contributed by atoms with Crippen molar-refractivity contribution < 1.29 is 22.7 Å². The van der Waals surface area contributed by atoms with Crippen molar-refractivity contribution in [2.75, 3.05) is 31.6 Å². The molecule has 0 bridgehead atoms. The summed E-state index contributed by atoms with van der Waals surface area (Å²) in [4.78, 5) is 16.6. The van der Waals surface area contributed by atoms with Gasteiger partial charge in [0.2, 0.25) is 5.91 Å². The van der Waals surface area contributed by atoms with Crippen LogP contribution >= 0.6 is 27.5 Å². The van der Waals surface area contributed by atoms with Gasteiger partial charge in [-0.25, -0.2) is 0 Å². The molecule has 1 atom stereocenters. The summed E-state index contributed by atoms with van der Waals surface area (Å²) in [5, 5.41) is 2.94. The van der Waals surface area contributed by atoms with Crippen molar-refractivity contribution in [2.45, 2.75) is 32.2 Å². The van der Waals surface area contributed by atoms with Gasteiger partial charge in [0.05, 0.1) is 22.3 Å². The van der Waals surface area contributed by atoms with Gasteiger partial charge in [-0.1, -0.05) is 11.6 Å². The minimum atomic E-state index is -4.72. The number of piperazine rings is 1. The van der Waals surface area contributed by atoms with E-state index in [1.165, 1.54) is 0 Å². The number of ether oxygens (including phenoxy) is 1. The summed E-state index contributed by atoms with van der Waals surface area (Å²) in [5.41, 5.74) is 5.26. The number of hydrogen-bond donors (Lipinski definition) is 1. The Labute approximate surface area is 191 Å². The molecule has 0 aliphatic carbocycles. The number of nitrogens with two attached hydrogens (primary N) is 1. The number of benzene rings is 1. The van der Waals surface area contributed by atoms with Crippen molar-refractivity contribution in [3.63, 3.8) is 0 Å². The molecule has 1 fully saturated rings. The average molecular weight is 525 g/mol. The Hall–Kier alpha value is -1.98. The van der Waals surface area contributed by atoms with Gasteiger partial charge in [-0.15, -0.1) is 0 Å². The monoisotopic (exact) mass is 523 g/mol. The molecule has 3 rings (SSSR count). The minimum absolute atomic E-state index is 0.0180. The number of aromatic nitrogens is 2. The molecule has 1 aliphatic heterocycles. The van der Waals surface area contributed by atoms with Crippen LogP contribution in [-0.4, -0.2) is 53.4 Å². The van der Waals surface area contributed by atoms with Crippen LogP contribution in [0, 0.1) is 0 Å². The van der Waals surface area contributed by atoms with Crippen molar-refractivity contribution >= 4 is 39.1 Å². The summed E-state index contributed by atoms with van der Waals surface area (Å²) >= 11 is 9.23. The topological polar surface area (TPSA) is 76.6 Å². The molecule has 7 nitrogen and oxygen atoms in total. The fraction of sp³-hybridized carbons (Fsp3) is 0.474. The van der Waals surface area contributed by atoms with E-state index in [0.29, 0.717) is 25.4 Å². The Balaban J connectivity index is 1.72. The quantitative estimate of drug-likeness (QED) is 0.648. The molecular formula is C19H22BrClF3N5O2. The normalized spacial score (nSPS) is 17.2. The highest BCUT2D eigenvalue weighted by atomic mass is 79.9. The van der Waals surface area contributed by atoms with Gasteiger partial charge in [-0.3, -0.25) is 9.48 Å². The number of nitrogens with zero attached hydrogens (tertiary/aromatic N) is 4. The van der Waals surface area contributed by atoms with Crippen LogP contribution in [0.25, 0.3) is 0 Å². The standard InChI is InChI=1S/C19H22BrClF3N5O2/c1-11-9-27(12-3-4-13(20)15(7-12)31-2)5-6-28(11)16(30)10-29-14(8-25)17(21)18(26-29)19(22,23)24/h3-4,7,11H,5-6,8-10,25H2,1-2H3. The lowest BCUT2D eigenvalue weighted by Crippen LogP contribution is -2.55. The number of alkyl halides is 3. The average Bonchev–Trinajstić information content (AvgIpc) is 3.03. The summed E-state index contributed by atoms with van der Waals surface area (Å²) in [6.45, 7) is 2.81. The van der Waals surface area contributed by atoms with Crippen LogP contribution in [0.3, 0.4) is 0 Å². The molecule has 31 heavy (non-hydrogen) atoms. The van der Waals surface area contributed by atoms with Crippen molar-refractivity contribution in [1.82, 2.24) is 14.7 Å². The first-order valence-corrected chi connectivity index (χ1v) is 10.6. The molecule has 1 aromatic heterocycles. The number of carbonyl (C=O) groups is 1. The number of rotatable bonds is 5. The van der Waals surface area contributed by atoms with Gasteiger partial charge in [0, 0.05) is 44.0 Å². The third-order valence-electron chi connectivity index (χ3n) is 5.19. The molecule has 1 aliphatic rings. The van der Waals surface area contributed by atoms with Crippen LogP contribution in [-0.2, 0) is 24.1 Å². The largest absolute Gasteiger partial charge is 0.495 e. The number of hydrogen-bond acceptors (Lipinski definition) is 5. The highest BCUT2D eigenvalue weighted by Crippen LogP contribution is 2.35. The fourth-order valence-electron chi connectivity index (χ4n) is 3.61. The van der Waals surface area contributed by atoms with E-state index in [0.717, 1.165) is 14.8 Å². The van der Waals surface area contributed by atoms with Gasteiger partial charge in [0.1, 0.15) is 12.3 Å². The molecule has 0 saturated carbocycles. The summed E-state index contributed by atoms with van der Waals surface area (Å²) in [6, 6.07) is 5.59. The van der Waals surface area contributed by atoms with Gasteiger partial charge in [0.25, 0.3) is 0 Å². The summed E-state index contributed by atoms with van der Waals surface area (Å²) in [5.74, 6) is 0.358. The maximum atomic E-state index is 13.1. The maximum absolute atomic E-state index is 13.1. The van der Waals surface area contributed by atoms with E-state index >= 15 is 0 Å². The van der Waals surface area contributed by atoms with Gasteiger partial charge in [0.15, 0.2) is 5.69 Å². The van der Waals surface area contributed by atoms with Gasteiger partial charge < -0.3 is 20.3 Å². The second-order valence-corrected chi connectivity index (χ2v) is 8.40. The summed E-state index contributed by atoms with van der Waals surface area (Å²) < 4.78 is 46.4. The summed E-state index contributed by atoms with van der Waals surface area (Å²) in [6.07, 6.45) is -4.72. The number of halogens is 5. The van der Waals surface area contributed by atoms with E-state index in [1.54, 1.807) is 12.0 Å². The van der Waals surface area contributed by atoms with E-state index in [9.17, 15) is 18.0 Å². The highest BCUT2D eigenvalue weighted by molar-refractivity contribution is 9.10. The molecule has 1 amide bonds. The van der Waals surface area contributed by atoms with Crippen LogP contribution in [0.1, 0.15) is 18.3 Å². The lowest BCUT2D eigenvalue weighted by molar-refractivity contribution is -0.142. The highest BCUT2D eigenvalue weighted by Gasteiger charge is 2.39. The Morgan fingerprint density at radius 2 is 2.10 bits per heavy atom. The predicted octanol–water partition coefficient (Wildman–Crippen LogP) is 3.52. The second-order valence-electron chi connectivity index (χ2n) is 7.17. The van der Waals surface area contributed by atoms with Crippen LogP contribution in [0.15, 0.2) is 22.7 Å². The van der Waals surface area contributed by atoms with Gasteiger partial charge >= 0.3 is 6.18 Å². The molecule has 170 valence electrons. The van der Waals surface area contributed by atoms with Crippen molar-refractivity contribution in [3.8, 4) is 5.75 Å². The van der Waals surface area contributed by atoms with E-state index < -0.39 is 16.9 Å². The molecule has 2 aromatic rings. The Kier molecular flexibility index (Phi) is 7.07. The van der Waals surface area contributed by atoms with Crippen LogP contribution in [0.2, 0.25) is 5.02 Å². The molecule has 2 N–H and O–H groups in total. The lowest BCUT2D eigenvalue weighted by atomic mass is 10.1. The molecular weight excluding hydrogens is 503 g/mol. The van der Waals surface area contributed by atoms with Gasteiger partial charge in [-0.05, 0) is 35.0 Å². The SMILES string of the molecule is COc1cc(N2CCN(C(=O)Cn3nc(C(F)(F)F)c(Cl)c3CN)C(C)C2)ccc1Br. The van der Waals surface area contributed by atoms with Crippen molar-refractivity contribution in [2.24, 2.45) is 5.73 Å². The molecule has 0 spiro atoms. The van der Waals surface area contributed by atoms with E-state index in [1.807, 2.05) is 25.1 Å². The first-order valence-electron chi connectivity index (χ1n) is 9.47. The number of amides is 1. The Morgan fingerprint density at radius 3 is 2.68 bits per heavy atom. The summed E-state index contributed by atoms with van der Waals surface area (Å²) in [7, 11) is 1.59. The molecule has 2 heterocycles. The zero-order valence-electron chi connectivity index (χ0n) is 16.9. The molecule has 1 unspecified atom stereocenters. The third-order valence-corrected chi connectivity index (χ3v) is 6.24. The number of methoxy groups -OCH3 is 1. The van der Waals surface area contributed by atoms with E-state index in [4.69, 9.17) is 22.1 Å². The Bertz CT molecular complexity index is 969. The van der Waals surface area contributed by atoms with Gasteiger partial charge in [-0.2, -0.15) is 18.3 Å². The van der Waals surface area contributed by atoms with E-state index in [2.05, 4.69) is 25.9 Å². The Morgan fingerprint density at radius 1 is 1.39 bits per heavy atom. The van der Waals surface area contributed by atoms with Crippen LogP contribution in [0.5, 0.6) is 5.75 Å². The van der Waals surface area contributed by atoms with Crippen LogP contribution < -0.4 is 15.4 Å². The van der Waals surface area contributed by atoms with E-state index in [-0.39, 0.29) is 30.7 Å². The zero-order chi connectivity index (χ0) is 22.9. The maximum Gasteiger partial charge on any atom is 0.436 e. The molecule has 0 radical (unpaired) electrons. The molecule has 1 saturated heterocycles. The lowest BCUT2D eigenvalue weighted by Gasteiger charge is -2.41. The minimum Gasteiger partial charge on any atom is -0.495 e. The number of carbonyl (C=O) groups excluding carboxylic acids is 1. The second kappa shape index (κ2) is 9.25. The van der Waals surface area contributed by atoms with Crippen molar-refractivity contribution in [3.05, 3.63) is 39.1 Å². The van der Waals surface area contributed by atoms with Crippen LogP contribution in [0.4, 0.5) is 18.9 Å². The first kappa shape index (κ1) is 23.7. The predicted molar refractivity (Wildman–Crippen MR) is 114 cm³/mol. The van der Waals surface area contributed by atoms with Crippen molar-refractivity contribution in [1.29, 1.82) is 0 Å². The third kappa shape index (κ3) is 4.93. The fourth-order valence-corrected chi connectivity index (χ4v) is 4.34. The molecule has 12 heteroatoms. The zero-order valence-corrected chi connectivity index (χ0v) is 19.3. The molecule has 1 aromatic carbocycles.